The van der Waals surface area contributed by atoms with Crippen molar-refractivity contribution in [3.05, 3.63) is 362 Å². The highest BCUT2D eigenvalue weighted by Gasteiger charge is 2.24. The van der Waals surface area contributed by atoms with Gasteiger partial charge in [-0.1, -0.05) is 273 Å². The van der Waals surface area contributed by atoms with Crippen LogP contribution in [0.15, 0.2) is 279 Å². The van der Waals surface area contributed by atoms with E-state index >= 15 is 0 Å². The van der Waals surface area contributed by atoms with Crippen LogP contribution in [0, 0.1) is 20.8 Å². The van der Waals surface area contributed by atoms with Gasteiger partial charge in [-0.3, -0.25) is 24.2 Å². The van der Waals surface area contributed by atoms with Crippen molar-refractivity contribution in [2.24, 2.45) is 22.9 Å². The molecule has 0 amide bonds. The van der Waals surface area contributed by atoms with Crippen LogP contribution in [0.1, 0.15) is 114 Å². The van der Waals surface area contributed by atoms with Gasteiger partial charge in [0.25, 0.3) is 0 Å². The molecule has 0 fully saturated rings. The number of pyridine rings is 1. The summed E-state index contributed by atoms with van der Waals surface area (Å²) in [6.45, 7) is 7.25. The minimum absolute atomic E-state index is 0. The zero-order valence-corrected chi connectivity index (χ0v) is 59.7. The van der Waals surface area contributed by atoms with Gasteiger partial charge in [0.1, 0.15) is 29.7 Å². The van der Waals surface area contributed by atoms with Gasteiger partial charge < -0.3 is 32.8 Å². The van der Waals surface area contributed by atoms with E-state index in [2.05, 4.69) is 71.7 Å². The first-order valence-electron chi connectivity index (χ1n) is 35.0. The van der Waals surface area contributed by atoms with E-state index in [1.54, 1.807) is 24.4 Å². The summed E-state index contributed by atoms with van der Waals surface area (Å²) in [5, 5.41) is 18.9. The number of rotatable bonds is 24. The number of nitrogens with zero attached hydrogens (tertiary/aromatic N) is 1. The summed E-state index contributed by atoms with van der Waals surface area (Å²) in [7, 11) is 0. The predicted octanol–water partition coefficient (Wildman–Crippen LogP) is 17.2. The third-order valence-electron chi connectivity index (χ3n) is 18.8. The lowest BCUT2D eigenvalue weighted by Gasteiger charge is -2.15. The SMILES string of the molecule is C.Cc1ccc(C(=O)OCc2ccc(C(CN)C(=O)Cc3ccc4cnccc4c3)cc2)c(C)c1.Cc1ccc(C(CN)C(=O)Cc2ccc3ccccc3c2)cc1.NCC(C(=O)Cc1ccc2ccccc2c1)c1ccc(CO)cc1.NCC(C(=O)Cc1ccc2ccccc2c1)c1ccc(Cl)cc1. The van der Waals surface area contributed by atoms with Crippen molar-refractivity contribution in [3.63, 3.8) is 0 Å². The molecule has 13 rings (SSSR count). The maximum atomic E-state index is 13.0. The Morgan fingerprint density at radius 2 is 0.695 bits per heavy atom. The Hall–Kier alpha value is -10.9. The number of fused-ring (bicyclic) bond motifs is 4. The summed E-state index contributed by atoms with van der Waals surface area (Å²) in [6, 6.07) is 86.8. The largest absolute Gasteiger partial charge is 0.457 e. The summed E-state index contributed by atoms with van der Waals surface area (Å²) in [5.74, 6) is -1.08. The highest BCUT2D eigenvalue weighted by Crippen LogP contribution is 2.28. The van der Waals surface area contributed by atoms with Crippen LogP contribution in [-0.2, 0) is 62.8 Å². The lowest BCUT2D eigenvalue weighted by molar-refractivity contribution is -0.120. The van der Waals surface area contributed by atoms with Crippen LogP contribution in [0.5, 0.6) is 0 Å². The van der Waals surface area contributed by atoms with Crippen molar-refractivity contribution in [3.8, 4) is 0 Å². The molecule has 0 saturated carbocycles. The van der Waals surface area contributed by atoms with E-state index in [1.807, 2.05) is 209 Å². The smallest absolute Gasteiger partial charge is 0.338 e. The van der Waals surface area contributed by atoms with E-state index in [4.69, 9.17) is 44.4 Å². The van der Waals surface area contributed by atoms with Gasteiger partial charge in [-0.25, -0.2) is 4.79 Å². The molecule has 1 heterocycles. The standard InChI is InChI=1S/C29H28N2O3.C21H21NO2.C21H21NO.C20H18ClNO.CH4/c1-19-3-10-26(20(2)13-19)29(33)34-18-21-4-7-23(8-5-21)27(16-30)28(32)15-22-6-9-25-17-31-12-11-24(25)14-22;22-13-20(18-9-5-15(14-23)6-10-18)21(24)12-16-7-8-17-3-1-2-4-19(17)11-16;1-15-6-9-18(10-7-15)20(14-22)21(23)13-16-8-11-17-4-2-3-5-19(17)12-16;21-18-9-7-16(8-10-18)19(13-22)20(23)12-14-5-6-15-3-1-2-4-17(15)11-14;/h3-14,17,27H,15-16,18,30H2,1-2H3;1-11,20,23H,12-14,22H2;2-12,20H,13-14,22H2,1H3;1-11,19H,12-13,22H2;1H4. The lowest BCUT2D eigenvalue weighted by Crippen LogP contribution is -2.23. The topological polar surface area (TPSA) is 232 Å². The molecular formula is C92H92ClN5O7. The lowest BCUT2D eigenvalue weighted by atomic mass is 9.90. The molecule has 13 heteroatoms. The average molecular weight is 1420 g/mol. The van der Waals surface area contributed by atoms with E-state index in [9.17, 15) is 24.0 Å². The Kier molecular flexibility index (Phi) is 28.7. The number of nitrogens with two attached hydrogens (primary N) is 4. The molecule has 4 unspecified atom stereocenters. The Labute approximate surface area is 621 Å². The first kappa shape index (κ1) is 78.2. The number of benzene rings is 12. The van der Waals surface area contributed by atoms with Crippen LogP contribution in [0.3, 0.4) is 0 Å². The zero-order valence-electron chi connectivity index (χ0n) is 59.0. The normalized spacial score (nSPS) is 12.0. The van der Waals surface area contributed by atoms with Gasteiger partial charge >= 0.3 is 5.97 Å². The van der Waals surface area contributed by atoms with Crippen molar-refractivity contribution >= 4 is 83.8 Å². The second kappa shape index (κ2) is 38.5. The fourth-order valence-corrected chi connectivity index (χ4v) is 13.0. The van der Waals surface area contributed by atoms with Crippen LogP contribution < -0.4 is 22.9 Å². The molecule has 1 aromatic heterocycles. The van der Waals surface area contributed by atoms with Gasteiger partial charge in [-0.05, 0) is 144 Å². The number of hydrogen-bond acceptors (Lipinski definition) is 12. The highest BCUT2D eigenvalue weighted by atomic mass is 35.5. The van der Waals surface area contributed by atoms with E-state index < -0.39 is 0 Å². The fourth-order valence-electron chi connectivity index (χ4n) is 12.9. The second-order valence-electron chi connectivity index (χ2n) is 26.3. The van der Waals surface area contributed by atoms with Crippen molar-refractivity contribution in [2.45, 2.75) is 90.8 Å². The number of Topliss-reactive ketones (excluding diaryl/α,β-unsaturated/α-hetero) is 4. The fraction of sp³-hybridized carbons (Fsp3) is 0.196. The first-order chi connectivity index (χ1) is 50.5. The molecule has 13 aromatic rings. The third kappa shape index (κ3) is 21.6. The van der Waals surface area contributed by atoms with Gasteiger partial charge in [0.05, 0.1) is 35.8 Å². The average Bonchev–Trinajstić information content (AvgIpc) is 0.841. The van der Waals surface area contributed by atoms with Gasteiger partial charge in [0, 0.05) is 74.7 Å². The number of hydrogen-bond donors (Lipinski definition) is 5. The van der Waals surface area contributed by atoms with Crippen molar-refractivity contribution in [2.75, 3.05) is 26.2 Å². The minimum Gasteiger partial charge on any atom is -0.457 e. The van der Waals surface area contributed by atoms with E-state index in [0.717, 1.165) is 93.7 Å². The molecule has 0 aliphatic heterocycles. The van der Waals surface area contributed by atoms with Crippen LogP contribution in [-0.4, -0.2) is 65.4 Å². The maximum Gasteiger partial charge on any atom is 0.338 e. The molecule has 105 heavy (non-hydrogen) atoms. The number of aryl methyl sites for hydroxylation is 3. The van der Waals surface area contributed by atoms with E-state index in [0.29, 0.717) is 49.4 Å². The monoisotopic (exact) mass is 1410 g/mol. The molecule has 12 aromatic carbocycles. The number of aromatic nitrogens is 1. The number of carbonyl (C=O) groups excluding carboxylic acids is 5. The molecule has 0 aliphatic carbocycles. The first-order valence-corrected chi connectivity index (χ1v) is 35.4. The van der Waals surface area contributed by atoms with Crippen LogP contribution in [0.4, 0.5) is 0 Å². The molecule has 0 radical (unpaired) electrons. The quantitative estimate of drug-likeness (QED) is 0.0356. The number of aliphatic hydroxyl groups excluding tert-OH is 1. The molecule has 4 atom stereocenters. The number of halogens is 1. The molecule has 12 nitrogen and oxygen atoms in total. The van der Waals surface area contributed by atoms with Gasteiger partial charge in [0.2, 0.25) is 0 Å². The van der Waals surface area contributed by atoms with E-state index in [-0.39, 0.29) is 86.5 Å². The number of aliphatic hydroxyl groups is 1. The summed E-state index contributed by atoms with van der Waals surface area (Å²) >= 11 is 5.91. The summed E-state index contributed by atoms with van der Waals surface area (Å²) in [6.07, 6.45) is 5.04. The van der Waals surface area contributed by atoms with Crippen LogP contribution >= 0.6 is 11.6 Å². The summed E-state index contributed by atoms with van der Waals surface area (Å²) in [4.78, 5) is 67.6. The van der Waals surface area contributed by atoms with Gasteiger partial charge in [-0.15, -0.1) is 0 Å². The maximum absolute atomic E-state index is 13.0. The Balaban J connectivity index is 0.000000164. The van der Waals surface area contributed by atoms with Crippen molar-refractivity contribution < 1.29 is 33.8 Å². The van der Waals surface area contributed by atoms with Crippen molar-refractivity contribution in [1.29, 1.82) is 0 Å². The molecular weight excluding hydrogens is 1320 g/mol. The predicted molar refractivity (Wildman–Crippen MR) is 429 cm³/mol. The Morgan fingerprint density at radius 1 is 0.371 bits per heavy atom. The minimum atomic E-state index is -0.389. The number of esters is 1. The van der Waals surface area contributed by atoms with E-state index in [1.165, 1.54) is 21.7 Å². The molecule has 534 valence electrons. The summed E-state index contributed by atoms with van der Waals surface area (Å²) < 4.78 is 5.49. The Bertz CT molecular complexity index is 4940. The van der Waals surface area contributed by atoms with Crippen molar-refractivity contribution in [1.82, 2.24) is 4.98 Å². The van der Waals surface area contributed by atoms with Crippen LogP contribution in [0.2, 0.25) is 5.02 Å². The number of ether oxygens (including phenoxy) is 1. The Morgan fingerprint density at radius 3 is 1.07 bits per heavy atom. The zero-order chi connectivity index (χ0) is 73.5. The molecule has 0 saturated heterocycles. The third-order valence-corrected chi connectivity index (χ3v) is 19.1. The molecule has 0 spiro atoms. The highest BCUT2D eigenvalue weighted by molar-refractivity contribution is 6.30. The molecule has 0 bridgehead atoms. The molecule has 0 aliphatic rings. The van der Waals surface area contributed by atoms with Gasteiger partial charge in [-0.2, -0.15) is 0 Å². The van der Waals surface area contributed by atoms with Crippen LogP contribution in [0.25, 0.3) is 43.1 Å². The molecule has 9 N–H and O–H groups in total. The number of carbonyl (C=O) groups is 5. The van der Waals surface area contributed by atoms with Gasteiger partial charge in [0.15, 0.2) is 0 Å². The summed E-state index contributed by atoms with van der Waals surface area (Å²) in [5.41, 5.74) is 36.7. The second-order valence-corrected chi connectivity index (χ2v) is 26.8. The number of ketones is 4.